The highest BCUT2D eigenvalue weighted by molar-refractivity contribution is 9.10. The van der Waals surface area contributed by atoms with E-state index in [2.05, 4.69) is 21.2 Å². The molecule has 0 aliphatic carbocycles. The standard InChI is InChI=1S/C23H23BrN2O4S/c1-2-30-21-12-10-20(11-13-21)26(31(28,29)22-14-8-19(24)9-15-22)17-23(27)25-16-18-6-4-3-5-7-18/h3-15H,2,16-17H2,1H3,(H,25,27). The van der Waals surface area contributed by atoms with Crippen LogP contribution in [0.4, 0.5) is 5.69 Å². The number of nitrogens with zero attached hydrogens (tertiary/aromatic N) is 1. The van der Waals surface area contributed by atoms with Crippen molar-refractivity contribution < 1.29 is 17.9 Å². The van der Waals surface area contributed by atoms with Crippen LogP contribution < -0.4 is 14.4 Å². The number of ether oxygens (including phenoxy) is 1. The van der Waals surface area contributed by atoms with E-state index < -0.39 is 15.9 Å². The molecule has 162 valence electrons. The maximum Gasteiger partial charge on any atom is 0.264 e. The summed E-state index contributed by atoms with van der Waals surface area (Å²) in [6, 6.07) is 22.4. The normalized spacial score (nSPS) is 11.0. The molecule has 0 heterocycles. The van der Waals surface area contributed by atoms with Gasteiger partial charge >= 0.3 is 0 Å². The lowest BCUT2D eigenvalue weighted by molar-refractivity contribution is -0.119. The van der Waals surface area contributed by atoms with Crippen LogP contribution in [-0.4, -0.2) is 27.5 Å². The number of halogens is 1. The maximum atomic E-state index is 13.4. The van der Waals surface area contributed by atoms with Gasteiger partial charge in [-0.25, -0.2) is 8.42 Å². The van der Waals surface area contributed by atoms with Gasteiger partial charge in [0.2, 0.25) is 5.91 Å². The molecule has 0 unspecified atom stereocenters. The summed E-state index contributed by atoms with van der Waals surface area (Å²) >= 11 is 3.31. The van der Waals surface area contributed by atoms with E-state index in [0.29, 0.717) is 24.6 Å². The molecule has 0 saturated carbocycles. The topological polar surface area (TPSA) is 75.7 Å². The minimum Gasteiger partial charge on any atom is -0.494 e. The summed E-state index contributed by atoms with van der Waals surface area (Å²) in [7, 11) is -3.96. The van der Waals surface area contributed by atoms with Crippen molar-refractivity contribution in [3.05, 3.63) is 88.9 Å². The molecule has 3 rings (SSSR count). The number of sulfonamides is 1. The Kier molecular flexibility index (Phi) is 7.70. The number of amides is 1. The summed E-state index contributed by atoms with van der Waals surface area (Å²) in [5.41, 5.74) is 1.31. The molecule has 1 amide bonds. The van der Waals surface area contributed by atoms with Crippen molar-refractivity contribution in [3.8, 4) is 5.75 Å². The van der Waals surface area contributed by atoms with Gasteiger partial charge < -0.3 is 10.1 Å². The monoisotopic (exact) mass is 502 g/mol. The van der Waals surface area contributed by atoms with Crippen LogP contribution in [0.2, 0.25) is 0 Å². The van der Waals surface area contributed by atoms with Crippen molar-refractivity contribution in [3.63, 3.8) is 0 Å². The van der Waals surface area contributed by atoms with Gasteiger partial charge in [0, 0.05) is 11.0 Å². The van der Waals surface area contributed by atoms with Crippen LogP contribution in [0.1, 0.15) is 12.5 Å². The number of hydrogen-bond donors (Lipinski definition) is 1. The van der Waals surface area contributed by atoms with Crippen molar-refractivity contribution >= 4 is 37.5 Å². The number of rotatable bonds is 9. The lowest BCUT2D eigenvalue weighted by Gasteiger charge is -2.24. The largest absolute Gasteiger partial charge is 0.494 e. The van der Waals surface area contributed by atoms with Gasteiger partial charge in [-0.15, -0.1) is 0 Å². The summed E-state index contributed by atoms with van der Waals surface area (Å²) in [5.74, 6) is 0.221. The van der Waals surface area contributed by atoms with Crippen LogP contribution in [0.3, 0.4) is 0 Å². The molecule has 31 heavy (non-hydrogen) atoms. The highest BCUT2D eigenvalue weighted by Crippen LogP contribution is 2.26. The second-order valence-electron chi connectivity index (χ2n) is 6.65. The third-order valence-corrected chi connectivity index (χ3v) is 6.77. The third kappa shape index (κ3) is 6.08. The number of nitrogens with one attached hydrogen (secondary N) is 1. The summed E-state index contributed by atoms with van der Waals surface area (Å²) < 4.78 is 34.0. The Bertz CT molecular complexity index is 1100. The predicted molar refractivity (Wildman–Crippen MR) is 125 cm³/mol. The number of hydrogen-bond acceptors (Lipinski definition) is 4. The van der Waals surface area contributed by atoms with Crippen molar-refractivity contribution in [2.75, 3.05) is 17.5 Å². The predicted octanol–water partition coefficient (Wildman–Crippen LogP) is 4.36. The van der Waals surface area contributed by atoms with Crippen LogP contribution in [0.15, 0.2) is 88.2 Å². The van der Waals surface area contributed by atoms with E-state index in [1.165, 1.54) is 12.1 Å². The average molecular weight is 503 g/mol. The van der Waals surface area contributed by atoms with E-state index >= 15 is 0 Å². The molecule has 0 aliphatic rings. The van der Waals surface area contributed by atoms with Crippen molar-refractivity contribution in [1.29, 1.82) is 0 Å². The molecule has 1 N–H and O–H groups in total. The van der Waals surface area contributed by atoms with Crippen LogP contribution in [0.25, 0.3) is 0 Å². The first kappa shape index (κ1) is 22.8. The van der Waals surface area contributed by atoms with Gasteiger partial charge in [0.25, 0.3) is 10.0 Å². The fourth-order valence-electron chi connectivity index (χ4n) is 2.91. The average Bonchev–Trinajstić information content (AvgIpc) is 2.78. The van der Waals surface area contributed by atoms with Crippen LogP contribution in [0.5, 0.6) is 5.75 Å². The van der Waals surface area contributed by atoms with Gasteiger partial charge in [0.15, 0.2) is 0 Å². The Morgan fingerprint density at radius 3 is 2.23 bits per heavy atom. The second kappa shape index (κ2) is 10.5. The molecule has 0 saturated heterocycles. The van der Waals surface area contributed by atoms with Gasteiger partial charge in [0.05, 0.1) is 17.2 Å². The molecule has 0 aromatic heterocycles. The molecule has 0 aliphatic heterocycles. The minimum atomic E-state index is -3.96. The minimum absolute atomic E-state index is 0.0976. The number of carbonyl (C=O) groups excluding carboxylic acids is 1. The SMILES string of the molecule is CCOc1ccc(N(CC(=O)NCc2ccccc2)S(=O)(=O)c2ccc(Br)cc2)cc1. The van der Waals surface area contributed by atoms with Gasteiger partial charge in [-0.1, -0.05) is 46.3 Å². The van der Waals surface area contributed by atoms with Gasteiger partial charge in [-0.2, -0.15) is 0 Å². The summed E-state index contributed by atoms with van der Waals surface area (Å²) in [5, 5.41) is 2.79. The van der Waals surface area contributed by atoms with Crippen molar-refractivity contribution in [2.45, 2.75) is 18.4 Å². The highest BCUT2D eigenvalue weighted by Gasteiger charge is 2.27. The summed E-state index contributed by atoms with van der Waals surface area (Å²) in [6.45, 7) is 2.34. The molecule has 3 aromatic rings. The maximum absolute atomic E-state index is 13.4. The number of benzene rings is 3. The summed E-state index contributed by atoms with van der Waals surface area (Å²) in [6.07, 6.45) is 0. The van der Waals surface area contributed by atoms with E-state index in [9.17, 15) is 13.2 Å². The molecule has 0 fully saturated rings. The molecule has 0 bridgehead atoms. The first-order chi connectivity index (χ1) is 14.9. The van der Waals surface area contributed by atoms with Crippen LogP contribution in [0, 0.1) is 0 Å². The molecule has 0 spiro atoms. The molecule has 8 heteroatoms. The Balaban J connectivity index is 1.86. The zero-order valence-electron chi connectivity index (χ0n) is 17.0. The molecule has 6 nitrogen and oxygen atoms in total. The molecule has 0 atom stereocenters. The number of carbonyl (C=O) groups is 1. The zero-order chi connectivity index (χ0) is 22.3. The Morgan fingerprint density at radius 2 is 1.61 bits per heavy atom. The van der Waals surface area contributed by atoms with Gasteiger partial charge in [-0.3, -0.25) is 9.10 Å². The lowest BCUT2D eigenvalue weighted by atomic mass is 10.2. The van der Waals surface area contributed by atoms with Crippen LogP contribution in [-0.2, 0) is 21.4 Å². The van der Waals surface area contributed by atoms with E-state index in [1.54, 1.807) is 36.4 Å². The molecular weight excluding hydrogens is 480 g/mol. The number of anilines is 1. The molecular formula is C23H23BrN2O4S. The Hall–Kier alpha value is -2.84. The zero-order valence-corrected chi connectivity index (χ0v) is 19.4. The van der Waals surface area contributed by atoms with E-state index in [1.807, 2.05) is 37.3 Å². The van der Waals surface area contributed by atoms with Gasteiger partial charge in [0.1, 0.15) is 12.3 Å². The highest BCUT2D eigenvalue weighted by atomic mass is 79.9. The van der Waals surface area contributed by atoms with Crippen molar-refractivity contribution in [2.24, 2.45) is 0 Å². The summed E-state index contributed by atoms with van der Waals surface area (Å²) in [4.78, 5) is 12.7. The Labute approximate surface area is 191 Å². The first-order valence-electron chi connectivity index (χ1n) is 9.72. The lowest BCUT2D eigenvalue weighted by Crippen LogP contribution is -2.40. The smallest absolute Gasteiger partial charge is 0.264 e. The van der Waals surface area contributed by atoms with Crippen molar-refractivity contribution in [1.82, 2.24) is 5.32 Å². The van der Waals surface area contributed by atoms with Gasteiger partial charge in [-0.05, 0) is 61.0 Å². The third-order valence-electron chi connectivity index (χ3n) is 4.46. The van der Waals surface area contributed by atoms with E-state index in [-0.39, 0.29) is 11.4 Å². The van der Waals surface area contributed by atoms with Crippen LogP contribution >= 0.6 is 15.9 Å². The fourth-order valence-corrected chi connectivity index (χ4v) is 4.59. The molecule has 0 radical (unpaired) electrons. The van der Waals surface area contributed by atoms with E-state index in [0.717, 1.165) is 14.3 Å². The first-order valence-corrected chi connectivity index (χ1v) is 12.0. The van der Waals surface area contributed by atoms with E-state index in [4.69, 9.17) is 4.74 Å². The second-order valence-corrected chi connectivity index (χ2v) is 9.43. The fraction of sp³-hybridized carbons (Fsp3) is 0.174. The quantitative estimate of drug-likeness (QED) is 0.471. The Morgan fingerprint density at radius 1 is 0.968 bits per heavy atom. The molecule has 3 aromatic carbocycles.